The number of carbonyl (C=O) groups excluding carboxylic acids is 2. The lowest BCUT2D eigenvalue weighted by atomic mass is 10.1. The van der Waals surface area contributed by atoms with E-state index in [4.69, 9.17) is 0 Å². The maximum Gasteiger partial charge on any atom is 0.274 e. The molecule has 0 unspecified atom stereocenters. The number of para-hydroxylation sites is 1. The van der Waals surface area contributed by atoms with E-state index in [0.29, 0.717) is 12.0 Å². The Labute approximate surface area is 164 Å². The molecule has 0 atom stereocenters. The summed E-state index contributed by atoms with van der Waals surface area (Å²) in [6, 6.07) is 12.0. The van der Waals surface area contributed by atoms with Gasteiger partial charge in [0.05, 0.1) is 0 Å². The minimum Gasteiger partial charge on any atom is -0.352 e. The Kier molecular flexibility index (Phi) is 6.23. The minimum atomic E-state index is -0.930. The summed E-state index contributed by atoms with van der Waals surface area (Å²) >= 11 is 0. The lowest BCUT2D eigenvalue weighted by Crippen LogP contribution is -2.26. The molecule has 0 saturated carbocycles. The van der Waals surface area contributed by atoms with Crippen LogP contribution in [0.15, 0.2) is 60.8 Å². The standard InChI is InChI=1S/C21H16F3N3O2/c22-15-5-2-1-4-13(15)8-11-26-20(28)14-9-10-25-18(12-14)21(29)27-19-16(23)6-3-7-17(19)24/h1-7,9-10,12H,8,11H2,(H,26,28)(H,27,29). The fourth-order valence-corrected chi connectivity index (χ4v) is 2.60. The van der Waals surface area contributed by atoms with Crippen molar-refractivity contribution in [2.45, 2.75) is 6.42 Å². The quantitative estimate of drug-likeness (QED) is 0.664. The smallest absolute Gasteiger partial charge is 0.274 e. The predicted octanol–water partition coefficient (Wildman–Crippen LogP) is 3.72. The van der Waals surface area contributed by atoms with Crippen molar-refractivity contribution >= 4 is 17.5 Å². The highest BCUT2D eigenvalue weighted by Crippen LogP contribution is 2.18. The molecule has 3 aromatic rings. The Hall–Kier alpha value is -3.68. The van der Waals surface area contributed by atoms with Crippen LogP contribution in [0.25, 0.3) is 0 Å². The van der Waals surface area contributed by atoms with Gasteiger partial charge in [0.2, 0.25) is 0 Å². The third-order valence-electron chi connectivity index (χ3n) is 4.09. The number of aromatic nitrogens is 1. The van der Waals surface area contributed by atoms with Crippen LogP contribution in [0.4, 0.5) is 18.9 Å². The van der Waals surface area contributed by atoms with E-state index in [1.54, 1.807) is 18.2 Å². The molecule has 2 N–H and O–H groups in total. The first-order chi connectivity index (χ1) is 14.0. The fourth-order valence-electron chi connectivity index (χ4n) is 2.60. The number of benzene rings is 2. The van der Waals surface area contributed by atoms with Gasteiger partial charge in [0.1, 0.15) is 28.8 Å². The van der Waals surface area contributed by atoms with E-state index < -0.39 is 29.1 Å². The Morgan fingerprint density at radius 3 is 2.28 bits per heavy atom. The molecule has 3 rings (SSSR count). The number of pyridine rings is 1. The van der Waals surface area contributed by atoms with Crippen LogP contribution in [0.1, 0.15) is 26.4 Å². The molecule has 0 aliphatic rings. The van der Waals surface area contributed by atoms with Crippen LogP contribution in [0.2, 0.25) is 0 Å². The number of amides is 2. The lowest BCUT2D eigenvalue weighted by molar-refractivity contribution is 0.0954. The molecular weight excluding hydrogens is 383 g/mol. The summed E-state index contributed by atoms with van der Waals surface area (Å²) in [5, 5.41) is 4.73. The molecule has 2 aromatic carbocycles. The van der Waals surface area contributed by atoms with Gasteiger partial charge in [0, 0.05) is 18.3 Å². The van der Waals surface area contributed by atoms with Crippen molar-refractivity contribution in [2.75, 3.05) is 11.9 Å². The molecule has 5 nitrogen and oxygen atoms in total. The third-order valence-corrected chi connectivity index (χ3v) is 4.09. The first kappa shape index (κ1) is 20.1. The zero-order chi connectivity index (χ0) is 20.8. The van der Waals surface area contributed by atoms with E-state index in [2.05, 4.69) is 15.6 Å². The van der Waals surface area contributed by atoms with Crippen LogP contribution in [-0.2, 0) is 6.42 Å². The largest absolute Gasteiger partial charge is 0.352 e. The Bertz CT molecular complexity index is 1040. The molecule has 0 aliphatic heterocycles. The molecule has 1 heterocycles. The molecule has 2 amide bonds. The van der Waals surface area contributed by atoms with E-state index in [-0.39, 0.29) is 23.6 Å². The van der Waals surface area contributed by atoms with Crippen molar-refractivity contribution in [3.63, 3.8) is 0 Å². The number of hydrogen-bond donors (Lipinski definition) is 2. The number of anilines is 1. The topological polar surface area (TPSA) is 71.1 Å². The Morgan fingerprint density at radius 1 is 0.862 bits per heavy atom. The SMILES string of the molecule is O=C(NCCc1ccccc1F)c1ccnc(C(=O)Nc2c(F)cccc2F)c1. The van der Waals surface area contributed by atoms with Gasteiger partial charge < -0.3 is 10.6 Å². The van der Waals surface area contributed by atoms with Gasteiger partial charge >= 0.3 is 0 Å². The number of hydrogen-bond acceptors (Lipinski definition) is 3. The molecule has 0 saturated heterocycles. The average molecular weight is 399 g/mol. The highest BCUT2D eigenvalue weighted by atomic mass is 19.1. The molecule has 0 fully saturated rings. The molecule has 0 spiro atoms. The van der Waals surface area contributed by atoms with E-state index >= 15 is 0 Å². The van der Waals surface area contributed by atoms with Gasteiger partial charge in [-0.1, -0.05) is 24.3 Å². The first-order valence-electron chi connectivity index (χ1n) is 8.68. The zero-order valence-electron chi connectivity index (χ0n) is 15.1. The number of nitrogens with one attached hydrogen (secondary N) is 2. The molecule has 0 radical (unpaired) electrons. The summed E-state index contributed by atoms with van der Waals surface area (Å²) in [5.74, 6) is -3.57. The molecule has 29 heavy (non-hydrogen) atoms. The second-order valence-electron chi connectivity index (χ2n) is 6.08. The predicted molar refractivity (Wildman–Crippen MR) is 101 cm³/mol. The van der Waals surface area contributed by atoms with Crippen LogP contribution in [0.3, 0.4) is 0 Å². The van der Waals surface area contributed by atoms with Crippen molar-refractivity contribution < 1.29 is 22.8 Å². The van der Waals surface area contributed by atoms with E-state index in [1.165, 1.54) is 30.5 Å². The van der Waals surface area contributed by atoms with Gasteiger partial charge in [-0.3, -0.25) is 14.6 Å². The highest BCUT2D eigenvalue weighted by Gasteiger charge is 2.16. The molecule has 0 bridgehead atoms. The van der Waals surface area contributed by atoms with E-state index in [1.807, 2.05) is 0 Å². The molecule has 1 aromatic heterocycles. The van der Waals surface area contributed by atoms with Gasteiger partial charge in [-0.25, -0.2) is 13.2 Å². The second-order valence-corrected chi connectivity index (χ2v) is 6.08. The van der Waals surface area contributed by atoms with Crippen molar-refractivity contribution in [3.8, 4) is 0 Å². The van der Waals surface area contributed by atoms with E-state index in [0.717, 1.165) is 12.1 Å². The average Bonchev–Trinajstić information content (AvgIpc) is 2.72. The van der Waals surface area contributed by atoms with Crippen LogP contribution in [0.5, 0.6) is 0 Å². The maximum atomic E-state index is 13.7. The molecular formula is C21H16F3N3O2. The summed E-state index contributed by atoms with van der Waals surface area (Å²) in [6.45, 7) is 0.185. The van der Waals surface area contributed by atoms with Crippen molar-refractivity contribution in [2.24, 2.45) is 0 Å². The monoisotopic (exact) mass is 399 g/mol. The summed E-state index contributed by atoms with van der Waals surface area (Å²) < 4.78 is 40.9. The number of halogens is 3. The number of rotatable bonds is 6. The third kappa shape index (κ3) is 4.98. The minimum absolute atomic E-state index is 0.132. The van der Waals surface area contributed by atoms with Crippen LogP contribution >= 0.6 is 0 Å². The highest BCUT2D eigenvalue weighted by molar-refractivity contribution is 6.04. The fraction of sp³-hybridized carbons (Fsp3) is 0.0952. The van der Waals surface area contributed by atoms with Crippen molar-refractivity contribution in [1.82, 2.24) is 10.3 Å². The number of nitrogens with zero attached hydrogens (tertiary/aromatic N) is 1. The molecule has 148 valence electrons. The van der Waals surface area contributed by atoms with Crippen LogP contribution < -0.4 is 10.6 Å². The molecule has 0 aliphatic carbocycles. The summed E-state index contributed by atoms with van der Waals surface area (Å²) in [6.07, 6.45) is 1.53. The van der Waals surface area contributed by atoms with Crippen LogP contribution in [0, 0.1) is 17.5 Å². The zero-order valence-corrected chi connectivity index (χ0v) is 15.1. The van der Waals surface area contributed by atoms with Gasteiger partial charge in [-0.05, 0) is 42.3 Å². The second kappa shape index (κ2) is 9.01. The van der Waals surface area contributed by atoms with Gasteiger partial charge in [-0.15, -0.1) is 0 Å². The summed E-state index contributed by atoms with van der Waals surface area (Å²) in [5.41, 5.74) is -0.185. The van der Waals surface area contributed by atoms with Gasteiger partial charge in [-0.2, -0.15) is 0 Å². The van der Waals surface area contributed by atoms with Crippen molar-refractivity contribution in [1.29, 1.82) is 0 Å². The van der Waals surface area contributed by atoms with E-state index in [9.17, 15) is 22.8 Å². The molecule has 8 heteroatoms. The summed E-state index contributed by atoms with van der Waals surface area (Å²) in [4.78, 5) is 28.4. The maximum absolute atomic E-state index is 13.7. The Balaban J connectivity index is 1.64. The number of carbonyl (C=O) groups is 2. The van der Waals surface area contributed by atoms with Crippen LogP contribution in [-0.4, -0.2) is 23.3 Å². The summed E-state index contributed by atoms with van der Waals surface area (Å²) in [7, 11) is 0. The van der Waals surface area contributed by atoms with Gasteiger partial charge in [0.25, 0.3) is 11.8 Å². The van der Waals surface area contributed by atoms with Gasteiger partial charge in [0.15, 0.2) is 0 Å². The Morgan fingerprint density at radius 2 is 1.55 bits per heavy atom. The van der Waals surface area contributed by atoms with Crippen molar-refractivity contribution in [3.05, 3.63) is 95.1 Å². The normalized spacial score (nSPS) is 10.4. The lowest BCUT2D eigenvalue weighted by Gasteiger charge is -2.09. The first-order valence-corrected chi connectivity index (χ1v) is 8.68.